The van der Waals surface area contributed by atoms with Crippen LogP contribution in [0.2, 0.25) is 6.32 Å². The van der Waals surface area contributed by atoms with Gasteiger partial charge in [-0.25, -0.2) is 0 Å². The van der Waals surface area contributed by atoms with Crippen molar-refractivity contribution >= 4 is 19.5 Å². The summed E-state index contributed by atoms with van der Waals surface area (Å²) in [5.41, 5.74) is 4.66. The number of carboxylic acids is 1. The highest BCUT2D eigenvalue weighted by molar-refractivity contribution is 6.40. The normalized spacial score (nSPS) is 22.1. The fraction of sp³-hybridized carbons (Fsp3) is 0.818. The summed E-state index contributed by atoms with van der Waals surface area (Å²) in [6.07, 6.45) is 2.80. The predicted octanol–water partition coefficient (Wildman–Crippen LogP) is -1.11. The first kappa shape index (κ1) is 15.9. The molecule has 108 valence electrons. The van der Waals surface area contributed by atoms with Gasteiger partial charge in [-0.2, -0.15) is 0 Å². The summed E-state index contributed by atoms with van der Waals surface area (Å²) in [5, 5.41) is 26.8. The number of aliphatic carboxylic acids is 1. The Hall–Kier alpha value is -1.12. The van der Waals surface area contributed by atoms with E-state index >= 15 is 0 Å². The minimum absolute atomic E-state index is 0.209. The number of nitrogens with zero attached hydrogens (tertiary/aromatic N) is 1. The standard InChI is InChI=1S/C11H21BN2O5/c13-11(10(16)17,4-1-2-5-12(18)19)9-3-6-14(7-9)8-15/h8-9,18-19H,1-7,13H2,(H,16,17). The molecule has 0 aromatic rings. The molecule has 19 heavy (non-hydrogen) atoms. The van der Waals surface area contributed by atoms with Gasteiger partial charge in [0, 0.05) is 19.0 Å². The molecule has 0 aliphatic carbocycles. The third kappa shape index (κ3) is 4.19. The quantitative estimate of drug-likeness (QED) is 0.252. The lowest BCUT2D eigenvalue weighted by molar-refractivity contribution is -0.146. The van der Waals surface area contributed by atoms with E-state index in [2.05, 4.69) is 0 Å². The van der Waals surface area contributed by atoms with E-state index in [1.54, 1.807) is 0 Å². The molecule has 1 saturated heterocycles. The molecule has 8 heteroatoms. The van der Waals surface area contributed by atoms with Crippen LogP contribution in [0.5, 0.6) is 0 Å². The average Bonchev–Trinajstić information content (AvgIpc) is 2.83. The van der Waals surface area contributed by atoms with Gasteiger partial charge in [0.15, 0.2) is 0 Å². The molecule has 7 nitrogen and oxygen atoms in total. The van der Waals surface area contributed by atoms with Crippen LogP contribution in [0.25, 0.3) is 0 Å². The Morgan fingerprint density at radius 2 is 2.16 bits per heavy atom. The van der Waals surface area contributed by atoms with Crippen LogP contribution in [0.4, 0.5) is 0 Å². The minimum Gasteiger partial charge on any atom is -0.480 e. The maximum Gasteiger partial charge on any atom is 0.451 e. The summed E-state index contributed by atoms with van der Waals surface area (Å²) in [7, 11) is -1.37. The number of hydrogen-bond acceptors (Lipinski definition) is 5. The number of nitrogens with two attached hydrogens (primary N) is 1. The maximum atomic E-state index is 11.4. The molecule has 2 atom stereocenters. The van der Waals surface area contributed by atoms with Gasteiger partial charge in [-0.3, -0.25) is 9.59 Å². The zero-order valence-corrected chi connectivity index (χ0v) is 10.9. The van der Waals surface area contributed by atoms with Crippen LogP contribution in [-0.2, 0) is 9.59 Å². The average molecular weight is 272 g/mol. The van der Waals surface area contributed by atoms with Crippen LogP contribution >= 0.6 is 0 Å². The largest absolute Gasteiger partial charge is 0.480 e. The molecule has 1 aliphatic heterocycles. The first-order valence-corrected chi connectivity index (χ1v) is 6.48. The first-order chi connectivity index (χ1) is 8.90. The van der Waals surface area contributed by atoms with Crippen LogP contribution in [0.15, 0.2) is 0 Å². The molecule has 5 N–H and O–H groups in total. The van der Waals surface area contributed by atoms with E-state index in [-0.39, 0.29) is 18.7 Å². The molecule has 1 aliphatic rings. The fourth-order valence-electron chi connectivity index (χ4n) is 2.53. The van der Waals surface area contributed by atoms with Gasteiger partial charge in [0.1, 0.15) is 5.54 Å². The van der Waals surface area contributed by atoms with E-state index < -0.39 is 18.6 Å². The fourth-order valence-corrected chi connectivity index (χ4v) is 2.53. The van der Waals surface area contributed by atoms with Crippen LogP contribution in [0, 0.1) is 5.92 Å². The van der Waals surface area contributed by atoms with E-state index in [1.165, 1.54) is 4.90 Å². The maximum absolute atomic E-state index is 11.4. The molecular weight excluding hydrogens is 251 g/mol. The van der Waals surface area contributed by atoms with Gasteiger partial charge < -0.3 is 25.8 Å². The van der Waals surface area contributed by atoms with E-state index in [4.69, 9.17) is 15.8 Å². The molecule has 1 rings (SSSR count). The first-order valence-electron chi connectivity index (χ1n) is 6.48. The van der Waals surface area contributed by atoms with Crippen molar-refractivity contribution < 1.29 is 24.7 Å². The van der Waals surface area contributed by atoms with Crippen molar-refractivity contribution in [2.45, 2.75) is 37.5 Å². The summed E-state index contributed by atoms with van der Waals surface area (Å²) in [4.78, 5) is 23.6. The number of rotatable bonds is 8. The number of carbonyl (C=O) groups is 2. The van der Waals surface area contributed by atoms with Crippen LogP contribution in [0.1, 0.15) is 25.7 Å². The summed E-state index contributed by atoms with van der Waals surface area (Å²) in [6, 6.07) is 0. The highest BCUT2D eigenvalue weighted by Crippen LogP contribution is 2.30. The third-order valence-corrected chi connectivity index (χ3v) is 3.80. The zero-order valence-electron chi connectivity index (χ0n) is 10.9. The molecule has 1 fully saturated rings. The topological polar surface area (TPSA) is 124 Å². The van der Waals surface area contributed by atoms with Crippen molar-refractivity contribution in [2.75, 3.05) is 13.1 Å². The second-order valence-electron chi connectivity index (χ2n) is 5.16. The molecule has 0 bridgehead atoms. The van der Waals surface area contributed by atoms with E-state index in [0.717, 1.165) is 0 Å². The molecule has 0 spiro atoms. The number of hydrogen-bond donors (Lipinski definition) is 4. The van der Waals surface area contributed by atoms with Gasteiger partial charge in [0.2, 0.25) is 6.41 Å². The minimum atomic E-state index is -1.37. The Kier molecular flexibility index (Phi) is 5.77. The summed E-state index contributed by atoms with van der Waals surface area (Å²) in [6.45, 7) is 0.907. The van der Waals surface area contributed by atoms with Gasteiger partial charge in [0.25, 0.3) is 0 Å². The predicted molar refractivity (Wildman–Crippen MR) is 69.1 cm³/mol. The van der Waals surface area contributed by atoms with Crippen LogP contribution in [0.3, 0.4) is 0 Å². The Morgan fingerprint density at radius 3 is 2.63 bits per heavy atom. The van der Waals surface area contributed by atoms with Crippen LogP contribution < -0.4 is 5.73 Å². The second kappa shape index (κ2) is 6.88. The monoisotopic (exact) mass is 272 g/mol. The summed E-state index contributed by atoms with van der Waals surface area (Å²) in [5.74, 6) is -1.32. The zero-order chi connectivity index (χ0) is 14.5. The van der Waals surface area contributed by atoms with Gasteiger partial charge in [-0.1, -0.05) is 12.8 Å². The number of likely N-dealkylation sites (tertiary alicyclic amines) is 1. The highest BCUT2D eigenvalue weighted by Gasteiger charge is 2.44. The molecule has 0 aromatic heterocycles. The Balaban J connectivity index is 2.54. The van der Waals surface area contributed by atoms with E-state index in [0.29, 0.717) is 38.8 Å². The highest BCUT2D eigenvalue weighted by atomic mass is 16.4. The Labute approximate surface area is 112 Å². The van der Waals surface area contributed by atoms with Gasteiger partial charge in [-0.15, -0.1) is 0 Å². The number of carboxylic acid groups (broad SMARTS) is 1. The van der Waals surface area contributed by atoms with Crippen molar-refractivity contribution in [1.29, 1.82) is 0 Å². The molecule has 0 radical (unpaired) electrons. The van der Waals surface area contributed by atoms with Crippen molar-refractivity contribution in [3.05, 3.63) is 0 Å². The SMILES string of the molecule is NC(CCCCB(O)O)(C(=O)O)C1CCN(C=O)C1. The van der Waals surface area contributed by atoms with E-state index in [1.807, 2.05) is 0 Å². The molecular formula is C11H21BN2O5. The molecule has 1 amide bonds. The van der Waals surface area contributed by atoms with Crippen molar-refractivity contribution in [2.24, 2.45) is 11.7 Å². The molecule has 0 aromatic carbocycles. The summed E-state index contributed by atoms with van der Waals surface area (Å²) >= 11 is 0. The lowest BCUT2D eigenvalue weighted by Gasteiger charge is -2.31. The van der Waals surface area contributed by atoms with Crippen molar-refractivity contribution in [3.8, 4) is 0 Å². The summed E-state index contributed by atoms with van der Waals surface area (Å²) < 4.78 is 0. The number of carbonyl (C=O) groups excluding carboxylic acids is 1. The Bertz CT molecular complexity index is 328. The van der Waals surface area contributed by atoms with Gasteiger partial charge >= 0.3 is 13.1 Å². The lowest BCUT2D eigenvalue weighted by atomic mass is 9.77. The van der Waals surface area contributed by atoms with Crippen LogP contribution in [-0.4, -0.2) is 58.2 Å². The molecule has 1 heterocycles. The van der Waals surface area contributed by atoms with Crippen molar-refractivity contribution in [1.82, 2.24) is 4.90 Å². The van der Waals surface area contributed by atoms with E-state index in [9.17, 15) is 14.7 Å². The number of amides is 1. The van der Waals surface area contributed by atoms with Gasteiger partial charge in [0.05, 0.1) is 0 Å². The smallest absolute Gasteiger partial charge is 0.451 e. The molecule has 0 saturated carbocycles. The number of unbranched alkanes of at least 4 members (excludes halogenated alkanes) is 1. The molecule has 2 unspecified atom stereocenters. The Morgan fingerprint density at radius 1 is 1.47 bits per heavy atom. The van der Waals surface area contributed by atoms with Crippen molar-refractivity contribution in [3.63, 3.8) is 0 Å². The second-order valence-corrected chi connectivity index (χ2v) is 5.16. The third-order valence-electron chi connectivity index (χ3n) is 3.80. The van der Waals surface area contributed by atoms with Gasteiger partial charge in [-0.05, 0) is 19.2 Å². The lowest BCUT2D eigenvalue weighted by Crippen LogP contribution is -2.55.